The van der Waals surface area contributed by atoms with Gasteiger partial charge in [0.1, 0.15) is 32.7 Å². The molecule has 0 unspecified atom stereocenters. The highest BCUT2D eigenvalue weighted by Gasteiger charge is 2.31. The van der Waals surface area contributed by atoms with E-state index in [0.29, 0.717) is 13.3 Å². The van der Waals surface area contributed by atoms with Crippen molar-refractivity contribution >= 4 is 5.91 Å². The Hall–Kier alpha value is -2.57. The number of hydrogen-bond acceptors (Lipinski definition) is 3. The molecule has 2 aromatic carbocycles. The number of aryl methyl sites for hydroxylation is 1. The molecule has 0 saturated carbocycles. The third-order valence-corrected chi connectivity index (χ3v) is 6.08. The Morgan fingerprint density at radius 1 is 1.00 bits per heavy atom. The van der Waals surface area contributed by atoms with Crippen LogP contribution in [0.3, 0.4) is 0 Å². The number of hydrogen-bond donors (Lipinski definition) is 3. The summed E-state index contributed by atoms with van der Waals surface area (Å²) in [6, 6.07) is 14.5. The minimum atomic E-state index is -0.0208. The zero-order valence-corrected chi connectivity index (χ0v) is 17.3. The van der Waals surface area contributed by atoms with Gasteiger partial charge >= 0.3 is 0 Å². The summed E-state index contributed by atoms with van der Waals surface area (Å²) in [6.07, 6.45) is 0. The van der Waals surface area contributed by atoms with E-state index in [1.807, 2.05) is 13.0 Å². The van der Waals surface area contributed by atoms with Gasteiger partial charge in [-0.1, -0.05) is 29.8 Å². The zero-order valence-electron chi connectivity index (χ0n) is 17.3. The first kappa shape index (κ1) is 19.7. The highest BCUT2D eigenvalue weighted by molar-refractivity contribution is 5.79. The molecule has 6 heteroatoms. The molecule has 29 heavy (non-hydrogen) atoms. The molecule has 1 amide bonds. The minimum Gasteiger partial charge on any atom is -0.454 e. The van der Waals surface area contributed by atoms with E-state index < -0.39 is 0 Å². The van der Waals surface area contributed by atoms with E-state index in [4.69, 9.17) is 9.47 Å². The molecule has 1 fully saturated rings. The number of carbonyl (C=O) groups excluding carboxylic acids is 1. The van der Waals surface area contributed by atoms with E-state index in [1.165, 1.54) is 16.0 Å². The van der Waals surface area contributed by atoms with Gasteiger partial charge in [-0.25, -0.2) is 0 Å². The lowest BCUT2D eigenvalue weighted by Crippen LogP contribution is -3.29. The van der Waals surface area contributed by atoms with Crippen LogP contribution in [0.4, 0.5) is 0 Å². The number of fused-ring (bicyclic) bond motifs is 1. The Bertz CT molecular complexity index is 845. The molecular formula is C23H31N3O3+2. The number of nitrogens with one attached hydrogen (secondary N) is 3. The van der Waals surface area contributed by atoms with Crippen LogP contribution in [-0.4, -0.2) is 44.9 Å². The summed E-state index contributed by atoms with van der Waals surface area (Å²) in [7, 11) is 0. The average molecular weight is 398 g/mol. The number of rotatable bonds is 6. The van der Waals surface area contributed by atoms with Crippen molar-refractivity contribution in [2.75, 3.05) is 33.0 Å². The normalized spacial score (nSPS) is 21.6. The zero-order chi connectivity index (χ0) is 20.2. The van der Waals surface area contributed by atoms with Crippen molar-refractivity contribution in [2.45, 2.75) is 33.0 Å². The molecule has 2 aromatic rings. The Kier molecular flexibility index (Phi) is 6.02. The fourth-order valence-electron chi connectivity index (χ4n) is 4.11. The molecule has 6 nitrogen and oxygen atoms in total. The van der Waals surface area contributed by atoms with Gasteiger partial charge in [0.25, 0.3) is 5.91 Å². The minimum absolute atomic E-state index is 0.0208. The van der Waals surface area contributed by atoms with Crippen LogP contribution in [0, 0.1) is 6.92 Å². The van der Waals surface area contributed by atoms with Gasteiger partial charge in [-0.15, -0.1) is 0 Å². The summed E-state index contributed by atoms with van der Waals surface area (Å²) >= 11 is 0. The molecule has 2 aliphatic heterocycles. The summed E-state index contributed by atoms with van der Waals surface area (Å²) < 4.78 is 10.9. The van der Waals surface area contributed by atoms with Crippen LogP contribution >= 0.6 is 0 Å². The molecule has 0 aliphatic carbocycles. The highest BCUT2D eigenvalue weighted by atomic mass is 16.7. The molecule has 0 radical (unpaired) electrons. The van der Waals surface area contributed by atoms with Crippen molar-refractivity contribution in [2.24, 2.45) is 0 Å². The number of benzene rings is 2. The van der Waals surface area contributed by atoms with E-state index in [1.54, 1.807) is 4.90 Å². The number of quaternary nitrogens is 2. The molecule has 2 aliphatic rings. The van der Waals surface area contributed by atoms with Crippen molar-refractivity contribution < 1.29 is 24.1 Å². The SMILES string of the molecule is Cc1ccc(CNC(=O)[C@H](C)[NH+]2CC[NH+](Cc3ccc4c(c3)OCO4)CC2)cc1. The van der Waals surface area contributed by atoms with Crippen LogP contribution in [0.15, 0.2) is 42.5 Å². The van der Waals surface area contributed by atoms with Gasteiger partial charge in [0.15, 0.2) is 17.5 Å². The lowest BCUT2D eigenvalue weighted by atomic mass is 10.1. The molecule has 0 spiro atoms. The largest absolute Gasteiger partial charge is 0.454 e. The van der Waals surface area contributed by atoms with Crippen molar-refractivity contribution in [3.63, 3.8) is 0 Å². The monoisotopic (exact) mass is 397 g/mol. The van der Waals surface area contributed by atoms with Gasteiger partial charge < -0.3 is 24.6 Å². The maximum atomic E-state index is 12.6. The maximum Gasteiger partial charge on any atom is 0.278 e. The smallest absolute Gasteiger partial charge is 0.278 e. The summed E-state index contributed by atoms with van der Waals surface area (Å²) in [4.78, 5) is 15.5. The Morgan fingerprint density at radius 2 is 1.69 bits per heavy atom. The summed E-state index contributed by atoms with van der Waals surface area (Å²) in [5, 5.41) is 3.10. The second-order valence-corrected chi connectivity index (χ2v) is 8.20. The highest BCUT2D eigenvalue weighted by Crippen LogP contribution is 2.32. The fourth-order valence-corrected chi connectivity index (χ4v) is 4.11. The maximum absolute atomic E-state index is 12.6. The molecule has 0 bridgehead atoms. The first-order chi connectivity index (χ1) is 14.1. The number of piperazine rings is 1. The van der Waals surface area contributed by atoms with Crippen LogP contribution in [0.25, 0.3) is 0 Å². The van der Waals surface area contributed by atoms with Gasteiger partial charge in [0.2, 0.25) is 6.79 Å². The lowest BCUT2D eigenvalue weighted by Gasteiger charge is -2.32. The van der Waals surface area contributed by atoms with Crippen LogP contribution < -0.4 is 24.6 Å². The Labute approximate surface area is 172 Å². The predicted octanol–water partition coefficient (Wildman–Crippen LogP) is -0.288. The number of amides is 1. The van der Waals surface area contributed by atoms with Crippen molar-refractivity contribution in [3.05, 3.63) is 59.2 Å². The van der Waals surface area contributed by atoms with Crippen LogP contribution in [0.2, 0.25) is 0 Å². The van der Waals surface area contributed by atoms with E-state index in [-0.39, 0.29) is 11.9 Å². The molecular weight excluding hydrogens is 366 g/mol. The van der Waals surface area contributed by atoms with E-state index in [9.17, 15) is 4.79 Å². The number of ether oxygens (including phenoxy) is 2. The molecule has 2 heterocycles. The number of carbonyl (C=O) groups is 1. The van der Waals surface area contributed by atoms with Crippen LogP contribution in [0.1, 0.15) is 23.6 Å². The van der Waals surface area contributed by atoms with Crippen molar-refractivity contribution in [3.8, 4) is 11.5 Å². The molecule has 3 N–H and O–H groups in total. The van der Waals surface area contributed by atoms with Crippen molar-refractivity contribution in [1.29, 1.82) is 0 Å². The lowest BCUT2D eigenvalue weighted by molar-refractivity contribution is -1.02. The summed E-state index contributed by atoms with van der Waals surface area (Å²) in [6.45, 7) is 10.2. The van der Waals surface area contributed by atoms with Gasteiger partial charge in [-0.05, 0) is 37.6 Å². The second kappa shape index (κ2) is 8.84. The van der Waals surface area contributed by atoms with Gasteiger partial charge in [0.05, 0.1) is 0 Å². The Morgan fingerprint density at radius 3 is 2.45 bits per heavy atom. The molecule has 4 rings (SSSR count). The topological polar surface area (TPSA) is 56.4 Å². The average Bonchev–Trinajstić information content (AvgIpc) is 3.21. The molecule has 0 aromatic heterocycles. The summed E-state index contributed by atoms with van der Waals surface area (Å²) in [5.41, 5.74) is 3.65. The first-order valence-corrected chi connectivity index (χ1v) is 10.5. The standard InChI is InChI=1S/C23H29N3O3/c1-17-3-5-19(6-4-17)14-24-23(27)18(2)26-11-9-25(10-12-26)15-20-7-8-21-22(13-20)29-16-28-21/h3-8,13,18H,9-12,14-16H2,1-2H3,(H,24,27)/p+2/t18-/m0/s1. The van der Waals surface area contributed by atoms with Gasteiger partial charge in [0, 0.05) is 12.1 Å². The fraction of sp³-hybridized carbons (Fsp3) is 0.435. The Balaban J connectivity index is 1.23. The third-order valence-electron chi connectivity index (χ3n) is 6.08. The van der Waals surface area contributed by atoms with E-state index >= 15 is 0 Å². The van der Waals surface area contributed by atoms with E-state index in [2.05, 4.69) is 48.6 Å². The van der Waals surface area contributed by atoms with Crippen molar-refractivity contribution in [1.82, 2.24) is 5.32 Å². The van der Waals surface area contributed by atoms with E-state index in [0.717, 1.165) is 49.8 Å². The van der Waals surface area contributed by atoms with Gasteiger partial charge in [-0.2, -0.15) is 0 Å². The molecule has 1 atom stereocenters. The van der Waals surface area contributed by atoms with Crippen LogP contribution in [-0.2, 0) is 17.9 Å². The van der Waals surface area contributed by atoms with Crippen LogP contribution in [0.5, 0.6) is 11.5 Å². The second-order valence-electron chi connectivity index (χ2n) is 8.20. The third kappa shape index (κ3) is 4.89. The summed E-state index contributed by atoms with van der Waals surface area (Å²) in [5.74, 6) is 1.83. The predicted molar refractivity (Wildman–Crippen MR) is 110 cm³/mol. The molecule has 154 valence electrons. The first-order valence-electron chi connectivity index (χ1n) is 10.5. The van der Waals surface area contributed by atoms with Gasteiger partial charge in [-0.3, -0.25) is 4.79 Å². The quantitative estimate of drug-likeness (QED) is 0.628. The molecule has 1 saturated heterocycles.